The number of hydrogen-bond donors (Lipinski definition) is 1. The van der Waals surface area contributed by atoms with Crippen molar-refractivity contribution in [1.29, 1.82) is 0 Å². The first kappa shape index (κ1) is 25.8. The normalized spacial score (nSPS) is 11.5. The summed E-state index contributed by atoms with van der Waals surface area (Å²) in [4.78, 5) is 27.1. The second-order valence-electron chi connectivity index (χ2n) is 7.36. The molecule has 8 heteroatoms. The van der Waals surface area contributed by atoms with Crippen molar-refractivity contribution >= 4 is 35.0 Å². The second-order valence-corrected chi connectivity index (χ2v) is 8.18. The average Bonchev–Trinajstić information content (AvgIpc) is 2.80. The van der Waals surface area contributed by atoms with Crippen molar-refractivity contribution in [3.05, 3.63) is 58.1 Å². The molecule has 0 aliphatic heterocycles. The molecule has 0 heterocycles. The van der Waals surface area contributed by atoms with E-state index in [1.807, 2.05) is 31.2 Å². The lowest BCUT2D eigenvalue weighted by Crippen LogP contribution is -2.47. The lowest BCUT2D eigenvalue weighted by atomic mass is 10.1. The molecule has 0 saturated heterocycles. The highest BCUT2D eigenvalue weighted by Gasteiger charge is 2.25. The number of nitrogens with one attached hydrogen (secondary N) is 1. The van der Waals surface area contributed by atoms with Crippen LogP contribution in [0.1, 0.15) is 38.7 Å². The van der Waals surface area contributed by atoms with E-state index in [1.165, 1.54) is 0 Å². The predicted molar refractivity (Wildman–Crippen MR) is 127 cm³/mol. The van der Waals surface area contributed by atoms with Crippen molar-refractivity contribution in [3.63, 3.8) is 0 Å². The zero-order chi connectivity index (χ0) is 23.5. The van der Waals surface area contributed by atoms with Gasteiger partial charge in [0.15, 0.2) is 0 Å². The first-order valence-corrected chi connectivity index (χ1v) is 11.4. The summed E-state index contributed by atoms with van der Waals surface area (Å²) in [5, 5.41) is 3.71. The van der Waals surface area contributed by atoms with E-state index in [0.717, 1.165) is 17.7 Å². The van der Waals surface area contributed by atoms with E-state index in [-0.39, 0.29) is 24.8 Å². The molecule has 0 fully saturated rings. The third kappa shape index (κ3) is 7.92. The zero-order valence-electron chi connectivity index (χ0n) is 18.7. The van der Waals surface area contributed by atoms with Gasteiger partial charge in [0, 0.05) is 19.5 Å². The summed E-state index contributed by atoms with van der Waals surface area (Å²) in [5.74, 6) is 1.14. The Labute approximate surface area is 199 Å². The lowest BCUT2D eigenvalue weighted by Gasteiger charge is -2.29. The van der Waals surface area contributed by atoms with Crippen LogP contribution in [0.25, 0.3) is 0 Å². The lowest BCUT2D eigenvalue weighted by molar-refractivity contribution is -0.140. The van der Waals surface area contributed by atoms with Crippen LogP contribution in [0.4, 0.5) is 0 Å². The monoisotopic (exact) mass is 480 g/mol. The molecule has 0 aliphatic carbocycles. The molecule has 32 heavy (non-hydrogen) atoms. The number of halogens is 2. The molecule has 2 aromatic carbocycles. The number of ether oxygens (including phenoxy) is 2. The van der Waals surface area contributed by atoms with Crippen LogP contribution in [0.15, 0.2) is 42.5 Å². The molecule has 0 aliphatic rings. The Balaban J connectivity index is 1.99. The van der Waals surface area contributed by atoms with E-state index in [9.17, 15) is 9.59 Å². The van der Waals surface area contributed by atoms with Gasteiger partial charge in [0.1, 0.15) is 17.5 Å². The number of methoxy groups -OCH3 is 1. The highest BCUT2D eigenvalue weighted by molar-refractivity contribution is 6.42. The highest BCUT2D eigenvalue weighted by atomic mass is 35.5. The van der Waals surface area contributed by atoms with Gasteiger partial charge in [-0.05, 0) is 61.7 Å². The summed E-state index contributed by atoms with van der Waals surface area (Å²) in [5.41, 5.74) is 0.803. The maximum absolute atomic E-state index is 13.0. The number of hydrogen-bond acceptors (Lipinski definition) is 4. The van der Waals surface area contributed by atoms with E-state index in [0.29, 0.717) is 35.4 Å². The van der Waals surface area contributed by atoms with Gasteiger partial charge in [0.2, 0.25) is 11.8 Å². The molecule has 2 aromatic rings. The Morgan fingerprint density at radius 1 is 1.06 bits per heavy atom. The molecule has 1 atom stereocenters. The number of rotatable bonds is 12. The van der Waals surface area contributed by atoms with Gasteiger partial charge in [0.05, 0.1) is 23.8 Å². The van der Waals surface area contributed by atoms with Crippen LogP contribution >= 0.6 is 23.2 Å². The summed E-state index contributed by atoms with van der Waals surface area (Å²) in [7, 11) is 1.61. The maximum atomic E-state index is 13.0. The Morgan fingerprint density at radius 3 is 2.38 bits per heavy atom. The van der Waals surface area contributed by atoms with Gasteiger partial charge < -0.3 is 19.7 Å². The fraction of sp³-hybridized carbons (Fsp3) is 0.417. The van der Waals surface area contributed by atoms with Crippen LogP contribution in [0.3, 0.4) is 0 Å². The zero-order valence-corrected chi connectivity index (χ0v) is 20.2. The topological polar surface area (TPSA) is 67.9 Å². The molecule has 0 radical (unpaired) electrons. The smallest absolute Gasteiger partial charge is 0.242 e. The van der Waals surface area contributed by atoms with Crippen molar-refractivity contribution in [2.24, 2.45) is 0 Å². The summed E-state index contributed by atoms with van der Waals surface area (Å²) in [6.45, 7) is 4.92. The highest BCUT2D eigenvalue weighted by Crippen LogP contribution is 2.24. The van der Waals surface area contributed by atoms with Gasteiger partial charge in [-0.15, -0.1) is 0 Å². The van der Waals surface area contributed by atoms with Gasteiger partial charge in [-0.25, -0.2) is 0 Å². The molecule has 2 rings (SSSR count). The van der Waals surface area contributed by atoms with E-state index in [2.05, 4.69) is 5.32 Å². The van der Waals surface area contributed by atoms with Crippen molar-refractivity contribution in [2.45, 2.75) is 45.7 Å². The minimum absolute atomic E-state index is 0.131. The standard InChI is InChI=1S/C24H30Cl2N2O4/c1-4-13-27-24(30)17(2)28(16-18-7-12-21(25)22(26)15-18)23(29)6-5-14-32-20-10-8-19(31-3)9-11-20/h7-12,15,17H,4-6,13-14,16H2,1-3H3,(H,27,30)/t17-/m0/s1. The molecule has 0 saturated carbocycles. The van der Waals surface area contributed by atoms with Crippen LogP contribution in [0, 0.1) is 0 Å². The second kappa shape index (κ2) is 13.2. The predicted octanol–water partition coefficient (Wildman–Crippen LogP) is 5.10. The van der Waals surface area contributed by atoms with Gasteiger partial charge in [-0.1, -0.05) is 36.2 Å². The Kier molecular flexibility index (Phi) is 10.6. The minimum atomic E-state index is -0.619. The third-order valence-electron chi connectivity index (χ3n) is 4.92. The van der Waals surface area contributed by atoms with Gasteiger partial charge in [0.25, 0.3) is 0 Å². The van der Waals surface area contributed by atoms with Crippen LogP contribution in [0.5, 0.6) is 11.5 Å². The fourth-order valence-electron chi connectivity index (χ4n) is 3.04. The Bertz CT molecular complexity index is 890. The summed E-state index contributed by atoms with van der Waals surface area (Å²) >= 11 is 12.1. The molecule has 2 amide bonds. The first-order valence-electron chi connectivity index (χ1n) is 10.6. The van der Waals surface area contributed by atoms with Gasteiger partial charge >= 0.3 is 0 Å². The molecule has 1 N–H and O–H groups in total. The summed E-state index contributed by atoms with van der Waals surface area (Å²) in [6.07, 6.45) is 1.59. The molecule has 6 nitrogen and oxygen atoms in total. The fourth-order valence-corrected chi connectivity index (χ4v) is 3.36. The molecule has 0 spiro atoms. The van der Waals surface area contributed by atoms with Crippen molar-refractivity contribution in [1.82, 2.24) is 10.2 Å². The van der Waals surface area contributed by atoms with Crippen molar-refractivity contribution in [2.75, 3.05) is 20.3 Å². The van der Waals surface area contributed by atoms with Crippen LogP contribution in [0.2, 0.25) is 10.0 Å². The molecular weight excluding hydrogens is 451 g/mol. The molecular formula is C24H30Cl2N2O4. The molecule has 0 aromatic heterocycles. The summed E-state index contributed by atoms with van der Waals surface area (Å²) < 4.78 is 10.8. The number of benzene rings is 2. The van der Waals surface area contributed by atoms with Crippen molar-refractivity contribution in [3.8, 4) is 11.5 Å². The number of carbonyl (C=O) groups excluding carboxylic acids is 2. The quantitative estimate of drug-likeness (QED) is 0.428. The van der Waals surface area contributed by atoms with Crippen LogP contribution < -0.4 is 14.8 Å². The largest absolute Gasteiger partial charge is 0.497 e. The van der Waals surface area contributed by atoms with E-state index >= 15 is 0 Å². The Hall–Kier alpha value is -2.44. The molecule has 0 bridgehead atoms. The molecule has 174 valence electrons. The van der Waals surface area contributed by atoms with Crippen LogP contribution in [-0.4, -0.2) is 43.0 Å². The average molecular weight is 481 g/mol. The number of nitrogens with zero attached hydrogens (tertiary/aromatic N) is 1. The number of amides is 2. The maximum Gasteiger partial charge on any atom is 0.242 e. The van der Waals surface area contributed by atoms with E-state index in [1.54, 1.807) is 37.1 Å². The van der Waals surface area contributed by atoms with Crippen molar-refractivity contribution < 1.29 is 19.1 Å². The molecule has 0 unspecified atom stereocenters. The minimum Gasteiger partial charge on any atom is -0.497 e. The van der Waals surface area contributed by atoms with E-state index in [4.69, 9.17) is 32.7 Å². The van der Waals surface area contributed by atoms with Gasteiger partial charge in [-0.3, -0.25) is 9.59 Å². The van der Waals surface area contributed by atoms with E-state index < -0.39 is 6.04 Å². The third-order valence-corrected chi connectivity index (χ3v) is 5.66. The first-order chi connectivity index (χ1) is 15.3. The van der Waals surface area contributed by atoms with Crippen LogP contribution in [-0.2, 0) is 16.1 Å². The van der Waals surface area contributed by atoms with Gasteiger partial charge in [-0.2, -0.15) is 0 Å². The number of carbonyl (C=O) groups is 2. The Morgan fingerprint density at radius 2 is 1.75 bits per heavy atom. The summed E-state index contributed by atoms with van der Waals surface area (Å²) in [6, 6.07) is 11.9. The SMILES string of the molecule is CCCNC(=O)[C@H](C)N(Cc1ccc(Cl)c(Cl)c1)C(=O)CCCOc1ccc(OC)cc1.